The first kappa shape index (κ1) is 16.6. The van der Waals surface area contributed by atoms with Crippen molar-refractivity contribution in [2.24, 2.45) is 10.3 Å². The van der Waals surface area contributed by atoms with Gasteiger partial charge in [-0.2, -0.15) is 0 Å². The molecule has 0 saturated carbocycles. The molecule has 1 heterocycles. The first-order chi connectivity index (χ1) is 10.6. The molecular formula is C16H18ClN3OS. The SMILES string of the molecule is CC/C=C(\CCl)N=NN(C)CC(=O)c1cc2ccccc2s1. The van der Waals surface area contributed by atoms with Crippen molar-refractivity contribution in [3.63, 3.8) is 0 Å². The molecule has 2 rings (SSSR count). The zero-order chi connectivity index (χ0) is 15.9. The molecule has 0 spiro atoms. The summed E-state index contributed by atoms with van der Waals surface area (Å²) in [6, 6.07) is 9.89. The van der Waals surface area contributed by atoms with Gasteiger partial charge in [0.25, 0.3) is 0 Å². The van der Waals surface area contributed by atoms with Gasteiger partial charge in [0.05, 0.1) is 16.5 Å². The fourth-order valence-electron chi connectivity index (χ4n) is 1.93. The Kier molecular flexibility index (Phi) is 6.10. The monoisotopic (exact) mass is 335 g/mol. The van der Waals surface area contributed by atoms with Crippen LogP contribution in [0.3, 0.4) is 0 Å². The van der Waals surface area contributed by atoms with Gasteiger partial charge in [0, 0.05) is 11.7 Å². The molecule has 1 aromatic heterocycles. The van der Waals surface area contributed by atoms with E-state index in [1.54, 1.807) is 7.05 Å². The van der Waals surface area contributed by atoms with Crippen LogP contribution >= 0.6 is 22.9 Å². The molecule has 0 fully saturated rings. The number of ketones is 1. The average molecular weight is 336 g/mol. The number of benzene rings is 1. The standard InChI is InChI=1S/C16H18ClN3OS/c1-3-6-13(10-17)18-19-20(2)11-14(21)16-9-12-7-4-5-8-15(12)22-16/h4-9H,3,10-11H2,1-2H3/b13-6+,19-18?. The normalized spacial score (nSPS) is 12.2. The number of fused-ring (bicyclic) bond motifs is 1. The third-order valence-electron chi connectivity index (χ3n) is 2.98. The molecule has 0 aliphatic heterocycles. The maximum atomic E-state index is 12.3. The molecule has 0 saturated heterocycles. The van der Waals surface area contributed by atoms with E-state index in [2.05, 4.69) is 10.3 Å². The van der Waals surface area contributed by atoms with Crippen molar-refractivity contribution in [1.29, 1.82) is 0 Å². The minimum atomic E-state index is 0.0366. The van der Waals surface area contributed by atoms with Gasteiger partial charge in [0.1, 0.15) is 6.54 Å². The smallest absolute Gasteiger partial charge is 0.193 e. The number of nitrogens with zero attached hydrogens (tertiary/aromatic N) is 3. The van der Waals surface area contributed by atoms with Gasteiger partial charge >= 0.3 is 0 Å². The first-order valence-electron chi connectivity index (χ1n) is 7.03. The van der Waals surface area contributed by atoms with Gasteiger partial charge in [-0.3, -0.25) is 9.80 Å². The van der Waals surface area contributed by atoms with Crippen molar-refractivity contribution >= 4 is 38.8 Å². The van der Waals surface area contributed by atoms with Crippen LogP contribution in [-0.2, 0) is 0 Å². The Balaban J connectivity index is 2.01. The number of allylic oxidation sites excluding steroid dienone is 2. The summed E-state index contributed by atoms with van der Waals surface area (Å²) in [6.07, 6.45) is 2.77. The van der Waals surface area contributed by atoms with Crippen molar-refractivity contribution in [3.05, 3.63) is 47.0 Å². The molecule has 0 atom stereocenters. The summed E-state index contributed by atoms with van der Waals surface area (Å²) in [7, 11) is 1.73. The van der Waals surface area contributed by atoms with Crippen LogP contribution in [0.2, 0.25) is 0 Å². The van der Waals surface area contributed by atoms with E-state index in [1.165, 1.54) is 16.3 Å². The largest absolute Gasteiger partial charge is 0.291 e. The summed E-state index contributed by atoms with van der Waals surface area (Å²) in [5.74, 6) is 0.352. The molecule has 0 N–H and O–H groups in total. The minimum Gasteiger partial charge on any atom is -0.291 e. The quantitative estimate of drug-likeness (QED) is 0.312. The lowest BCUT2D eigenvalue weighted by molar-refractivity contribution is 0.0948. The molecule has 6 heteroatoms. The molecule has 0 aliphatic rings. The zero-order valence-corrected chi connectivity index (χ0v) is 14.2. The zero-order valence-electron chi connectivity index (χ0n) is 12.6. The van der Waals surface area contributed by atoms with Crippen molar-refractivity contribution in [2.45, 2.75) is 13.3 Å². The molecular weight excluding hydrogens is 318 g/mol. The van der Waals surface area contributed by atoms with E-state index < -0.39 is 0 Å². The summed E-state index contributed by atoms with van der Waals surface area (Å²) in [4.78, 5) is 13.0. The van der Waals surface area contributed by atoms with E-state index in [-0.39, 0.29) is 12.3 Å². The van der Waals surface area contributed by atoms with Crippen molar-refractivity contribution in [1.82, 2.24) is 5.01 Å². The number of likely N-dealkylation sites (N-methyl/N-ethyl adjacent to an activating group) is 1. The fourth-order valence-corrected chi connectivity index (χ4v) is 3.08. The lowest BCUT2D eigenvalue weighted by Gasteiger charge is -2.09. The van der Waals surface area contributed by atoms with Crippen LogP contribution in [0.25, 0.3) is 10.1 Å². The number of thiophene rings is 1. The van der Waals surface area contributed by atoms with Crippen molar-refractivity contribution in [3.8, 4) is 0 Å². The highest BCUT2D eigenvalue weighted by Gasteiger charge is 2.12. The van der Waals surface area contributed by atoms with Crippen LogP contribution in [0.1, 0.15) is 23.0 Å². The van der Waals surface area contributed by atoms with Crippen LogP contribution in [0, 0.1) is 0 Å². The Morgan fingerprint density at radius 2 is 2.18 bits per heavy atom. The minimum absolute atomic E-state index is 0.0366. The molecule has 0 unspecified atom stereocenters. The molecule has 0 bridgehead atoms. The Morgan fingerprint density at radius 3 is 2.86 bits per heavy atom. The van der Waals surface area contributed by atoms with Crippen LogP contribution in [0.4, 0.5) is 0 Å². The number of carbonyl (C=O) groups is 1. The van der Waals surface area contributed by atoms with Crippen molar-refractivity contribution in [2.75, 3.05) is 19.5 Å². The maximum Gasteiger partial charge on any atom is 0.193 e. The number of hydrogen-bond donors (Lipinski definition) is 0. The predicted molar refractivity (Wildman–Crippen MR) is 92.7 cm³/mol. The van der Waals surface area contributed by atoms with E-state index in [9.17, 15) is 4.79 Å². The lowest BCUT2D eigenvalue weighted by Crippen LogP contribution is -2.20. The number of Topliss-reactive ketones (excluding diaryl/α,β-unsaturated/α-hetero) is 1. The Labute approximate surface area is 139 Å². The first-order valence-corrected chi connectivity index (χ1v) is 8.38. The van der Waals surface area contributed by atoms with Crippen LogP contribution < -0.4 is 0 Å². The van der Waals surface area contributed by atoms with Crippen LogP contribution in [0.5, 0.6) is 0 Å². The lowest BCUT2D eigenvalue weighted by atomic mass is 10.2. The second-order valence-corrected chi connectivity index (χ2v) is 6.17. The van der Waals surface area contributed by atoms with Gasteiger partial charge < -0.3 is 0 Å². The highest BCUT2D eigenvalue weighted by Crippen LogP contribution is 2.25. The Bertz CT molecular complexity index is 675. The number of halogens is 1. The Morgan fingerprint density at radius 1 is 1.41 bits per heavy atom. The summed E-state index contributed by atoms with van der Waals surface area (Å²) in [5.41, 5.74) is 0.713. The third kappa shape index (κ3) is 4.39. The topological polar surface area (TPSA) is 45.0 Å². The molecule has 0 amide bonds. The second-order valence-electron chi connectivity index (χ2n) is 4.81. The molecule has 22 heavy (non-hydrogen) atoms. The van der Waals surface area contributed by atoms with E-state index in [0.717, 1.165) is 21.4 Å². The highest BCUT2D eigenvalue weighted by atomic mass is 35.5. The third-order valence-corrected chi connectivity index (χ3v) is 4.41. The number of alkyl halides is 1. The van der Waals surface area contributed by atoms with Gasteiger partial charge in [-0.25, -0.2) is 0 Å². The number of carbonyl (C=O) groups excluding carboxylic acids is 1. The summed E-state index contributed by atoms with van der Waals surface area (Å²) >= 11 is 7.27. The molecule has 0 aliphatic carbocycles. The van der Waals surface area contributed by atoms with Gasteiger partial charge in [0.15, 0.2) is 5.78 Å². The van der Waals surface area contributed by atoms with Crippen molar-refractivity contribution < 1.29 is 4.79 Å². The number of rotatable bonds is 7. The fraction of sp³-hybridized carbons (Fsp3) is 0.312. The van der Waals surface area contributed by atoms with Gasteiger partial charge in [-0.15, -0.1) is 28.1 Å². The predicted octanol–water partition coefficient (Wildman–Crippen LogP) is 4.92. The molecule has 116 valence electrons. The van der Waals surface area contributed by atoms with Gasteiger partial charge in [0.2, 0.25) is 0 Å². The van der Waals surface area contributed by atoms with E-state index in [1.807, 2.05) is 43.3 Å². The van der Waals surface area contributed by atoms with Gasteiger partial charge in [-0.1, -0.05) is 36.4 Å². The summed E-state index contributed by atoms with van der Waals surface area (Å²) in [6.45, 7) is 2.20. The average Bonchev–Trinajstić information content (AvgIpc) is 2.95. The van der Waals surface area contributed by atoms with Crippen LogP contribution in [-0.4, -0.2) is 30.3 Å². The highest BCUT2D eigenvalue weighted by molar-refractivity contribution is 7.20. The second kappa shape index (κ2) is 8.06. The van der Waals surface area contributed by atoms with E-state index in [4.69, 9.17) is 11.6 Å². The Hall–Kier alpha value is -1.72. The van der Waals surface area contributed by atoms with Crippen LogP contribution in [0.15, 0.2) is 52.4 Å². The number of hydrogen-bond acceptors (Lipinski definition) is 4. The molecule has 0 radical (unpaired) electrons. The summed E-state index contributed by atoms with van der Waals surface area (Å²) < 4.78 is 1.12. The molecule has 1 aromatic carbocycles. The van der Waals surface area contributed by atoms with E-state index >= 15 is 0 Å². The molecule has 2 aromatic rings. The maximum absolute atomic E-state index is 12.3. The van der Waals surface area contributed by atoms with E-state index in [0.29, 0.717) is 11.6 Å². The summed E-state index contributed by atoms with van der Waals surface area (Å²) in [5, 5.41) is 10.7. The van der Waals surface area contributed by atoms with Gasteiger partial charge in [-0.05, 0) is 23.9 Å². The molecule has 4 nitrogen and oxygen atoms in total.